The van der Waals surface area contributed by atoms with Crippen molar-refractivity contribution in [3.8, 4) is 0 Å². The molecular weight excluding hydrogens is 242 g/mol. The predicted octanol–water partition coefficient (Wildman–Crippen LogP) is 1.59. The van der Waals surface area contributed by atoms with Crippen LogP contribution in [-0.2, 0) is 16.1 Å². The molecule has 0 aromatic heterocycles. The topological polar surface area (TPSA) is 70.6 Å². The van der Waals surface area contributed by atoms with Crippen molar-refractivity contribution >= 4 is 17.5 Å². The third kappa shape index (κ3) is 6.35. The zero-order valence-corrected chi connectivity index (χ0v) is 11.3. The fourth-order valence-electron chi connectivity index (χ4n) is 1.37. The molecule has 0 fully saturated rings. The van der Waals surface area contributed by atoms with Crippen LogP contribution in [0.2, 0.25) is 0 Å². The summed E-state index contributed by atoms with van der Waals surface area (Å²) in [5.74, 6) is -0.278. The number of hydrazone groups is 1. The Labute approximate surface area is 113 Å². The maximum atomic E-state index is 11.6. The summed E-state index contributed by atoms with van der Waals surface area (Å²) in [5, 5.41) is 6.65. The Hall–Kier alpha value is -2.17. The zero-order chi connectivity index (χ0) is 14.1. The number of hydrogen-bond acceptors (Lipinski definition) is 3. The summed E-state index contributed by atoms with van der Waals surface area (Å²) in [6.07, 6.45) is 0.549. The molecule has 0 saturated heterocycles. The minimum Gasteiger partial charge on any atom is -0.352 e. The van der Waals surface area contributed by atoms with Gasteiger partial charge in [-0.05, 0) is 12.5 Å². The van der Waals surface area contributed by atoms with E-state index in [0.29, 0.717) is 18.7 Å². The van der Waals surface area contributed by atoms with Gasteiger partial charge in [0.25, 0.3) is 0 Å². The molecular formula is C14H19N3O2. The van der Waals surface area contributed by atoms with E-state index in [0.717, 1.165) is 5.56 Å². The number of benzene rings is 1. The van der Waals surface area contributed by atoms with E-state index in [9.17, 15) is 9.59 Å². The minimum atomic E-state index is -0.163. The Bertz CT molecular complexity index is 455. The monoisotopic (exact) mass is 261 g/mol. The van der Waals surface area contributed by atoms with Crippen molar-refractivity contribution in [2.45, 2.75) is 33.2 Å². The average molecular weight is 261 g/mol. The molecule has 5 nitrogen and oxygen atoms in total. The van der Waals surface area contributed by atoms with Gasteiger partial charge in [-0.2, -0.15) is 5.10 Å². The van der Waals surface area contributed by atoms with E-state index in [1.165, 1.54) is 0 Å². The zero-order valence-electron chi connectivity index (χ0n) is 11.3. The Kier molecular flexibility index (Phi) is 6.29. The molecule has 102 valence electrons. The standard InChI is InChI=1S/C14H19N3O2/c1-3-13(18)17-16-11(2)9-14(19)15-10-12-7-5-4-6-8-12/h4-8H,3,9-10H2,1-2H3,(H,15,19)(H,17,18)/b16-11+. The smallest absolute Gasteiger partial charge is 0.239 e. The molecule has 2 N–H and O–H groups in total. The molecule has 1 aromatic carbocycles. The summed E-state index contributed by atoms with van der Waals surface area (Å²) >= 11 is 0. The van der Waals surface area contributed by atoms with Gasteiger partial charge < -0.3 is 5.32 Å². The molecule has 0 heterocycles. The molecule has 0 atom stereocenters. The van der Waals surface area contributed by atoms with Gasteiger partial charge in [0.05, 0.1) is 6.42 Å². The lowest BCUT2D eigenvalue weighted by atomic mass is 10.2. The summed E-state index contributed by atoms with van der Waals surface area (Å²) in [4.78, 5) is 22.6. The molecule has 0 aliphatic heterocycles. The molecule has 0 bridgehead atoms. The van der Waals surface area contributed by atoms with E-state index < -0.39 is 0 Å². The second kappa shape index (κ2) is 8.02. The van der Waals surface area contributed by atoms with Crippen LogP contribution in [0.4, 0.5) is 0 Å². The summed E-state index contributed by atoms with van der Waals surface area (Å²) in [6.45, 7) is 3.94. The van der Waals surface area contributed by atoms with Gasteiger partial charge in [0.1, 0.15) is 0 Å². The van der Waals surface area contributed by atoms with Crippen LogP contribution in [0.5, 0.6) is 0 Å². The number of hydrogen-bond donors (Lipinski definition) is 2. The second-order valence-corrected chi connectivity index (χ2v) is 4.17. The SMILES string of the molecule is CCC(=O)N/N=C(\C)CC(=O)NCc1ccccc1. The van der Waals surface area contributed by atoms with E-state index in [-0.39, 0.29) is 18.2 Å². The van der Waals surface area contributed by atoms with Gasteiger partial charge in [-0.15, -0.1) is 0 Å². The van der Waals surface area contributed by atoms with E-state index in [2.05, 4.69) is 15.8 Å². The highest BCUT2D eigenvalue weighted by Crippen LogP contribution is 1.97. The number of carbonyl (C=O) groups excluding carboxylic acids is 2. The van der Waals surface area contributed by atoms with Crippen LogP contribution in [0.3, 0.4) is 0 Å². The average Bonchev–Trinajstić information content (AvgIpc) is 2.43. The van der Waals surface area contributed by atoms with Crippen LogP contribution in [0.15, 0.2) is 35.4 Å². The van der Waals surface area contributed by atoms with Gasteiger partial charge in [0.15, 0.2) is 0 Å². The van der Waals surface area contributed by atoms with Gasteiger partial charge in [-0.25, -0.2) is 5.43 Å². The maximum Gasteiger partial charge on any atom is 0.239 e. The number of nitrogens with one attached hydrogen (secondary N) is 2. The van der Waals surface area contributed by atoms with Gasteiger partial charge in [-0.3, -0.25) is 9.59 Å². The van der Waals surface area contributed by atoms with Crippen LogP contribution in [0.1, 0.15) is 32.3 Å². The molecule has 0 radical (unpaired) electrons. The van der Waals surface area contributed by atoms with E-state index in [1.54, 1.807) is 13.8 Å². The molecule has 1 rings (SSSR count). The molecule has 0 spiro atoms. The lowest BCUT2D eigenvalue weighted by Gasteiger charge is -2.05. The van der Waals surface area contributed by atoms with Crippen molar-refractivity contribution in [3.63, 3.8) is 0 Å². The van der Waals surface area contributed by atoms with Gasteiger partial charge >= 0.3 is 0 Å². The van der Waals surface area contributed by atoms with E-state index in [1.807, 2.05) is 30.3 Å². The van der Waals surface area contributed by atoms with Gasteiger partial charge in [0.2, 0.25) is 11.8 Å². The Morgan fingerprint density at radius 3 is 2.47 bits per heavy atom. The van der Waals surface area contributed by atoms with E-state index in [4.69, 9.17) is 0 Å². The first-order valence-electron chi connectivity index (χ1n) is 6.24. The molecule has 1 aromatic rings. The Balaban J connectivity index is 2.33. The molecule has 5 heteroatoms. The van der Waals surface area contributed by atoms with Gasteiger partial charge in [-0.1, -0.05) is 37.3 Å². The summed E-state index contributed by atoms with van der Waals surface area (Å²) < 4.78 is 0. The molecule has 0 unspecified atom stereocenters. The Morgan fingerprint density at radius 2 is 1.84 bits per heavy atom. The first-order valence-corrected chi connectivity index (χ1v) is 6.24. The van der Waals surface area contributed by atoms with Crippen LogP contribution in [-0.4, -0.2) is 17.5 Å². The van der Waals surface area contributed by atoms with Crippen LogP contribution >= 0.6 is 0 Å². The van der Waals surface area contributed by atoms with Crippen molar-refractivity contribution in [3.05, 3.63) is 35.9 Å². The van der Waals surface area contributed by atoms with Crippen molar-refractivity contribution in [1.82, 2.24) is 10.7 Å². The lowest BCUT2D eigenvalue weighted by Crippen LogP contribution is -2.26. The number of rotatable bonds is 6. The number of amides is 2. The van der Waals surface area contributed by atoms with Gasteiger partial charge in [0, 0.05) is 18.7 Å². The molecule has 19 heavy (non-hydrogen) atoms. The third-order valence-corrected chi connectivity index (χ3v) is 2.44. The maximum absolute atomic E-state index is 11.6. The fraction of sp³-hybridized carbons (Fsp3) is 0.357. The third-order valence-electron chi connectivity index (χ3n) is 2.44. The summed E-state index contributed by atoms with van der Waals surface area (Å²) in [6, 6.07) is 9.67. The quantitative estimate of drug-likeness (QED) is 0.603. The number of carbonyl (C=O) groups is 2. The molecule has 2 amide bonds. The van der Waals surface area contributed by atoms with Crippen molar-refractivity contribution in [1.29, 1.82) is 0 Å². The van der Waals surface area contributed by atoms with E-state index >= 15 is 0 Å². The first kappa shape index (κ1) is 14.9. The normalized spacial score (nSPS) is 10.9. The first-order chi connectivity index (χ1) is 9.11. The minimum absolute atomic E-state index is 0.115. The number of nitrogens with zero attached hydrogens (tertiary/aromatic N) is 1. The molecule has 0 aliphatic rings. The Morgan fingerprint density at radius 1 is 1.16 bits per heavy atom. The van der Waals surface area contributed by atoms with Crippen LogP contribution in [0.25, 0.3) is 0 Å². The van der Waals surface area contributed by atoms with Crippen molar-refractivity contribution in [2.75, 3.05) is 0 Å². The fourth-order valence-corrected chi connectivity index (χ4v) is 1.37. The van der Waals surface area contributed by atoms with Crippen molar-refractivity contribution < 1.29 is 9.59 Å². The lowest BCUT2D eigenvalue weighted by molar-refractivity contribution is -0.121. The van der Waals surface area contributed by atoms with Crippen LogP contribution < -0.4 is 10.7 Å². The summed E-state index contributed by atoms with van der Waals surface area (Å²) in [5.41, 5.74) is 4.00. The second-order valence-electron chi connectivity index (χ2n) is 4.17. The van der Waals surface area contributed by atoms with Crippen molar-refractivity contribution in [2.24, 2.45) is 5.10 Å². The highest BCUT2D eigenvalue weighted by molar-refractivity contribution is 6.00. The van der Waals surface area contributed by atoms with Crippen LogP contribution in [0, 0.1) is 0 Å². The highest BCUT2D eigenvalue weighted by Gasteiger charge is 2.04. The molecule has 0 aliphatic carbocycles. The summed E-state index contributed by atoms with van der Waals surface area (Å²) in [7, 11) is 0. The highest BCUT2D eigenvalue weighted by atomic mass is 16.2. The molecule has 0 saturated carbocycles. The predicted molar refractivity (Wildman–Crippen MR) is 74.4 cm³/mol. The largest absolute Gasteiger partial charge is 0.352 e.